The Balaban J connectivity index is 1.41. The van der Waals surface area contributed by atoms with Crippen LogP contribution in [0.15, 0.2) is 36.5 Å². The number of rotatable bonds is 9. The number of amides is 1. The summed E-state index contributed by atoms with van der Waals surface area (Å²) in [5.74, 6) is -0.0124. The molecule has 0 bridgehead atoms. The molecule has 190 valence electrons. The quantitative estimate of drug-likeness (QED) is 0.433. The lowest BCUT2D eigenvalue weighted by molar-refractivity contribution is -0.231. The van der Waals surface area contributed by atoms with Crippen LogP contribution in [0.4, 0.5) is 4.39 Å². The van der Waals surface area contributed by atoms with Gasteiger partial charge >= 0.3 is 6.01 Å². The predicted octanol–water partition coefficient (Wildman–Crippen LogP) is 3.03. The molecule has 5 rings (SSSR count). The van der Waals surface area contributed by atoms with E-state index in [9.17, 15) is 9.18 Å². The molecular weight excluding hydrogens is 469 g/mol. The number of aromatic nitrogens is 4. The number of H-pyrrole nitrogens is 1. The molecule has 2 aliphatic rings. The van der Waals surface area contributed by atoms with Crippen LogP contribution in [-0.4, -0.2) is 65.4 Å². The third-order valence-corrected chi connectivity index (χ3v) is 6.04. The average molecular weight is 498 g/mol. The zero-order valence-electron chi connectivity index (χ0n) is 20.1. The highest BCUT2D eigenvalue weighted by Gasteiger charge is 2.42. The highest BCUT2D eigenvalue weighted by Crippen LogP contribution is 2.36. The highest BCUT2D eigenvalue weighted by molar-refractivity contribution is 5.83. The van der Waals surface area contributed by atoms with E-state index >= 15 is 0 Å². The number of carbonyl (C=O) groups is 1. The Hall–Kier alpha value is -3.41. The van der Waals surface area contributed by atoms with Crippen molar-refractivity contribution in [2.45, 2.75) is 32.1 Å². The lowest BCUT2D eigenvalue weighted by atomic mass is 9.91. The standard InChI is InChI=1S/C25H28FN5O5/c1-25(23(32)28-17-7-8-17)13-35-22(36-14-25)21-30-19(15-3-5-16(26)6-4-15)20(31-21)18-9-10-27-24(29-18)34-12-11-33-2/h3-6,9-10,17,22H,7-8,11-14H2,1-2H3,(H,28,32)(H,30,31). The van der Waals surface area contributed by atoms with E-state index in [2.05, 4.69) is 20.3 Å². The first-order valence-corrected chi connectivity index (χ1v) is 11.8. The number of methoxy groups -OCH3 is 1. The van der Waals surface area contributed by atoms with Crippen molar-refractivity contribution in [3.8, 4) is 28.7 Å². The second-order valence-corrected chi connectivity index (χ2v) is 9.18. The summed E-state index contributed by atoms with van der Waals surface area (Å²) < 4.78 is 36.0. The summed E-state index contributed by atoms with van der Waals surface area (Å²) in [4.78, 5) is 29.2. The molecule has 0 spiro atoms. The summed E-state index contributed by atoms with van der Waals surface area (Å²) in [6, 6.07) is 8.17. The van der Waals surface area contributed by atoms with Gasteiger partial charge in [0.1, 0.15) is 12.4 Å². The Kier molecular flexibility index (Phi) is 6.95. The van der Waals surface area contributed by atoms with E-state index in [4.69, 9.17) is 23.9 Å². The molecule has 1 amide bonds. The van der Waals surface area contributed by atoms with Crippen molar-refractivity contribution in [1.29, 1.82) is 0 Å². The minimum absolute atomic E-state index is 0.0717. The van der Waals surface area contributed by atoms with E-state index in [0.717, 1.165) is 12.8 Å². The maximum absolute atomic E-state index is 13.6. The fourth-order valence-corrected chi connectivity index (χ4v) is 3.76. The molecule has 2 aromatic heterocycles. The zero-order valence-corrected chi connectivity index (χ0v) is 20.1. The third kappa shape index (κ3) is 5.38. The van der Waals surface area contributed by atoms with Gasteiger partial charge in [0, 0.05) is 24.9 Å². The maximum atomic E-state index is 13.6. The lowest BCUT2D eigenvalue weighted by Crippen LogP contribution is -2.49. The number of carbonyl (C=O) groups excluding carboxylic acids is 1. The molecule has 2 fully saturated rings. The fourth-order valence-electron chi connectivity index (χ4n) is 3.76. The molecule has 1 saturated carbocycles. The van der Waals surface area contributed by atoms with E-state index in [1.807, 2.05) is 6.92 Å². The van der Waals surface area contributed by atoms with Crippen LogP contribution in [0.1, 0.15) is 31.9 Å². The molecular formula is C25H28FN5O5. The topological polar surface area (TPSA) is 120 Å². The maximum Gasteiger partial charge on any atom is 0.317 e. The van der Waals surface area contributed by atoms with E-state index in [1.54, 1.807) is 31.5 Å². The van der Waals surface area contributed by atoms with Gasteiger partial charge in [-0.2, -0.15) is 4.98 Å². The SMILES string of the molecule is COCCOc1nccc(-c2[nH]c(C3OCC(C)(C(=O)NC4CC4)CO3)nc2-c2ccc(F)cc2)n1. The first-order valence-electron chi connectivity index (χ1n) is 11.8. The number of hydrogen-bond donors (Lipinski definition) is 2. The molecule has 3 aromatic rings. The molecule has 10 nitrogen and oxygen atoms in total. The molecule has 1 aromatic carbocycles. The van der Waals surface area contributed by atoms with Gasteiger partial charge in [-0.3, -0.25) is 4.79 Å². The minimum Gasteiger partial charge on any atom is -0.461 e. The number of nitrogens with one attached hydrogen (secondary N) is 2. The van der Waals surface area contributed by atoms with Crippen molar-refractivity contribution in [3.05, 3.63) is 48.2 Å². The Bertz CT molecular complexity index is 1210. The normalized spacial score (nSPS) is 21.8. The first kappa shape index (κ1) is 24.3. The number of aromatic amines is 1. The molecule has 1 aliphatic carbocycles. The first-order chi connectivity index (χ1) is 17.4. The van der Waals surface area contributed by atoms with Crippen LogP contribution in [0.25, 0.3) is 22.6 Å². The van der Waals surface area contributed by atoms with Crippen molar-refractivity contribution in [2.75, 3.05) is 33.5 Å². The predicted molar refractivity (Wildman–Crippen MR) is 126 cm³/mol. The molecule has 36 heavy (non-hydrogen) atoms. The van der Waals surface area contributed by atoms with Crippen LogP contribution in [0, 0.1) is 11.2 Å². The van der Waals surface area contributed by atoms with Crippen LogP contribution < -0.4 is 10.1 Å². The Morgan fingerprint density at radius 3 is 2.61 bits per heavy atom. The lowest BCUT2D eigenvalue weighted by Gasteiger charge is -2.35. The number of hydrogen-bond acceptors (Lipinski definition) is 8. The number of nitrogens with zero attached hydrogens (tertiary/aromatic N) is 3. The van der Waals surface area contributed by atoms with Crippen molar-refractivity contribution in [3.63, 3.8) is 0 Å². The van der Waals surface area contributed by atoms with Gasteiger partial charge in [0.05, 0.1) is 42.3 Å². The van der Waals surface area contributed by atoms with Crippen molar-refractivity contribution >= 4 is 5.91 Å². The van der Waals surface area contributed by atoms with Gasteiger partial charge in [0.15, 0.2) is 5.82 Å². The summed E-state index contributed by atoms with van der Waals surface area (Å²) in [7, 11) is 1.58. The summed E-state index contributed by atoms with van der Waals surface area (Å²) >= 11 is 0. The number of imidazole rings is 1. The molecule has 0 radical (unpaired) electrons. The van der Waals surface area contributed by atoms with Crippen molar-refractivity contribution < 1.29 is 28.1 Å². The molecule has 3 heterocycles. The Morgan fingerprint density at radius 1 is 1.17 bits per heavy atom. The van der Waals surface area contributed by atoms with Gasteiger partial charge in [-0.1, -0.05) is 0 Å². The molecule has 2 N–H and O–H groups in total. The monoisotopic (exact) mass is 497 g/mol. The molecule has 0 atom stereocenters. The van der Waals surface area contributed by atoms with Gasteiger partial charge in [0.25, 0.3) is 0 Å². The zero-order chi connectivity index (χ0) is 25.1. The molecule has 1 saturated heterocycles. The van der Waals surface area contributed by atoms with E-state index in [-0.39, 0.29) is 37.0 Å². The summed E-state index contributed by atoms with van der Waals surface area (Å²) in [6.07, 6.45) is 2.79. The highest BCUT2D eigenvalue weighted by atomic mass is 19.1. The summed E-state index contributed by atoms with van der Waals surface area (Å²) in [6.45, 7) is 2.89. The Labute approximate surface area is 207 Å². The minimum atomic E-state index is -0.806. The van der Waals surface area contributed by atoms with Crippen LogP contribution in [0.5, 0.6) is 6.01 Å². The fraction of sp³-hybridized carbons (Fsp3) is 0.440. The second kappa shape index (κ2) is 10.3. The van der Waals surface area contributed by atoms with Gasteiger partial charge in [-0.05, 0) is 50.1 Å². The summed E-state index contributed by atoms with van der Waals surface area (Å²) in [5, 5.41) is 3.02. The largest absolute Gasteiger partial charge is 0.461 e. The van der Waals surface area contributed by atoms with Crippen molar-refractivity contribution in [2.24, 2.45) is 5.41 Å². The Morgan fingerprint density at radius 2 is 1.92 bits per heavy atom. The molecule has 11 heteroatoms. The van der Waals surface area contributed by atoms with Crippen LogP contribution >= 0.6 is 0 Å². The van der Waals surface area contributed by atoms with Gasteiger partial charge < -0.3 is 29.2 Å². The van der Waals surface area contributed by atoms with E-state index < -0.39 is 11.7 Å². The third-order valence-electron chi connectivity index (χ3n) is 6.04. The van der Waals surface area contributed by atoms with Gasteiger partial charge in [-0.15, -0.1) is 0 Å². The summed E-state index contributed by atoms with van der Waals surface area (Å²) in [5.41, 5.74) is 1.54. The number of benzene rings is 1. The smallest absolute Gasteiger partial charge is 0.317 e. The molecule has 0 unspecified atom stereocenters. The van der Waals surface area contributed by atoms with Crippen LogP contribution in [0.2, 0.25) is 0 Å². The van der Waals surface area contributed by atoms with Crippen LogP contribution in [-0.2, 0) is 19.0 Å². The van der Waals surface area contributed by atoms with E-state index in [1.165, 1.54) is 12.1 Å². The van der Waals surface area contributed by atoms with Gasteiger partial charge in [0.2, 0.25) is 12.2 Å². The average Bonchev–Trinajstić information content (AvgIpc) is 3.59. The molecule has 1 aliphatic heterocycles. The van der Waals surface area contributed by atoms with Crippen LogP contribution in [0.3, 0.4) is 0 Å². The van der Waals surface area contributed by atoms with Gasteiger partial charge in [-0.25, -0.2) is 14.4 Å². The second-order valence-electron chi connectivity index (χ2n) is 9.18. The van der Waals surface area contributed by atoms with E-state index in [0.29, 0.717) is 41.7 Å². The number of ether oxygens (including phenoxy) is 4. The van der Waals surface area contributed by atoms with Crippen molar-refractivity contribution in [1.82, 2.24) is 25.3 Å². The number of halogens is 1.